The first kappa shape index (κ1) is 7.58. The summed E-state index contributed by atoms with van der Waals surface area (Å²) in [4.78, 5) is 9.76. The Labute approximate surface area is 61.2 Å². The van der Waals surface area contributed by atoms with Gasteiger partial charge in [-0.05, 0) is 12.8 Å². The number of aliphatic carboxylic acids is 1. The second-order valence-corrected chi connectivity index (χ2v) is 3.03. The fraction of sp³-hybridized carbons (Fsp3) is 0.875. The first-order chi connectivity index (χ1) is 4.80. The molecular formula is C8H14O2. The predicted octanol–water partition coefficient (Wildman–Crippen LogP) is 2.04. The van der Waals surface area contributed by atoms with Crippen LogP contribution in [0.5, 0.6) is 0 Å². The van der Waals surface area contributed by atoms with Crippen LogP contribution in [-0.4, -0.2) is 11.1 Å². The second kappa shape index (κ2) is 3.59. The summed E-state index contributed by atoms with van der Waals surface area (Å²) in [5.74, 6) is -0.611. The number of rotatable bonds is 1. The van der Waals surface area contributed by atoms with Crippen LogP contribution in [0.15, 0.2) is 0 Å². The Morgan fingerprint density at radius 1 is 1.10 bits per heavy atom. The highest BCUT2D eigenvalue weighted by molar-refractivity contribution is 5.72. The molecule has 0 atom stereocenters. The average molecular weight is 142 g/mol. The van der Waals surface area contributed by atoms with Crippen molar-refractivity contribution in [1.82, 2.24) is 0 Å². The fourth-order valence-corrected chi connectivity index (χ4v) is 0.580. The molecule has 1 N–H and O–H groups in total. The van der Waals surface area contributed by atoms with Gasteiger partial charge in [0.15, 0.2) is 0 Å². The van der Waals surface area contributed by atoms with Gasteiger partial charge in [-0.1, -0.05) is 25.7 Å². The molecule has 0 spiro atoms. The zero-order valence-electron chi connectivity index (χ0n) is 6.18. The van der Waals surface area contributed by atoms with Gasteiger partial charge in [-0.3, -0.25) is 4.79 Å². The molecule has 0 aromatic heterocycles. The second-order valence-electron chi connectivity index (χ2n) is 3.03. The van der Waals surface area contributed by atoms with E-state index in [0.717, 1.165) is 12.8 Å². The van der Waals surface area contributed by atoms with Gasteiger partial charge in [0.1, 0.15) is 0 Å². The maximum absolute atomic E-state index is 9.76. The minimum absolute atomic E-state index is 0.0185. The third kappa shape index (κ3) is 2.85. The number of carboxylic acid groups (broad SMARTS) is 1. The molecule has 2 heteroatoms. The van der Waals surface area contributed by atoms with E-state index in [1.165, 1.54) is 25.7 Å². The van der Waals surface area contributed by atoms with Crippen LogP contribution in [0.3, 0.4) is 0 Å². The molecule has 0 aromatic rings. The summed E-state index contributed by atoms with van der Waals surface area (Å²) < 4.78 is 0. The van der Waals surface area contributed by atoms with Crippen molar-refractivity contribution >= 4 is 5.97 Å². The van der Waals surface area contributed by atoms with Crippen LogP contribution in [-0.2, 0) is 4.79 Å². The molecule has 58 valence electrons. The number of hydrogen-bond donors (Lipinski definition) is 1. The van der Waals surface area contributed by atoms with Gasteiger partial charge in [0, 0.05) is 0 Å². The van der Waals surface area contributed by atoms with Gasteiger partial charge in [-0.25, -0.2) is 0 Å². The van der Waals surface area contributed by atoms with Gasteiger partial charge in [0.2, 0.25) is 0 Å². The highest BCUT2D eigenvalue weighted by Gasteiger charge is 2.28. The third-order valence-electron chi connectivity index (χ3n) is 1.93. The Bertz CT molecular complexity index is 108. The molecule has 0 aliphatic heterocycles. The smallest absolute Gasteiger partial charge is 0.306 e. The summed E-state index contributed by atoms with van der Waals surface area (Å²) in [6.45, 7) is 0. The van der Waals surface area contributed by atoms with E-state index in [1.54, 1.807) is 0 Å². The Balaban J connectivity index is 0.000000108. The molecule has 10 heavy (non-hydrogen) atoms. The Morgan fingerprint density at radius 2 is 1.50 bits per heavy atom. The van der Waals surface area contributed by atoms with Gasteiger partial charge in [0.25, 0.3) is 0 Å². The van der Waals surface area contributed by atoms with Crippen molar-refractivity contribution < 1.29 is 9.90 Å². The number of hydrogen-bond acceptors (Lipinski definition) is 1. The monoisotopic (exact) mass is 142 g/mol. The van der Waals surface area contributed by atoms with Gasteiger partial charge >= 0.3 is 5.97 Å². The maximum Gasteiger partial charge on any atom is 0.306 e. The molecule has 0 bridgehead atoms. The van der Waals surface area contributed by atoms with Crippen LogP contribution in [0, 0.1) is 5.92 Å². The summed E-state index contributed by atoms with van der Waals surface area (Å²) in [7, 11) is 0. The summed E-state index contributed by atoms with van der Waals surface area (Å²) in [5, 5.41) is 8.05. The summed E-state index contributed by atoms with van der Waals surface area (Å²) in [5.41, 5.74) is 0. The lowest BCUT2D eigenvalue weighted by Crippen LogP contribution is -1.94. The highest BCUT2D eigenvalue weighted by atomic mass is 16.4. The Kier molecular flexibility index (Phi) is 2.72. The zero-order chi connectivity index (χ0) is 7.40. The number of carboxylic acids is 1. The summed E-state index contributed by atoms with van der Waals surface area (Å²) >= 11 is 0. The van der Waals surface area contributed by atoms with Crippen LogP contribution >= 0.6 is 0 Å². The third-order valence-corrected chi connectivity index (χ3v) is 1.93. The molecule has 0 saturated heterocycles. The van der Waals surface area contributed by atoms with E-state index in [-0.39, 0.29) is 5.92 Å². The van der Waals surface area contributed by atoms with Crippen molar-refractivity contribution in [3.8, 4) is 0 Å². The topological polar surface area (TPSA) is 37.3 Å². The molecule has 2 aliphatic rings. The summed E-state index contributed by atoms with van der Waals surface area (Å²) in [6, 6.07) is 0. The van der Waals surface area contributed by atoms with Gasteiger partial charge in [0.05, 0.1) is 5.92 Å². The normalized spacial score (nSPS) is 22.0. The molecule has 2 aliphatic carbocycles. The molecule has 2 rings (SSSR count). The van der Waals surface area contributed by atoms with Crippen LogP contribution in [0.25, 0.3) is 0 Å². The van der Waals surface area contributed by atoms with Crippen molar-refractivity contribution in [3.05, 3.63) is 0 Å². The zero-order valence-corrected chi connectivity index (χ0v) is 6.18. The van der Waals surface area contributed by atoms with E-state index in [4.69, 9.17) is 5.11 Å². The molecule has 2 saturated carbocycles. The lowest BCUT2D eigenvalue weighted by Gasteiger charge is -2.05. The van der Waals surface area contributed by atoms with Crippen molar-refractivity contribution in [2.75, 3.05) is 0 Å². The minimum atomic E-state index is -0.630. The fourth-order valence-electron chi connectivity index (χ4n) is 0.580. The van der Waals surface area contributed by atoms with Gasteiger partial charge in [-0.15, -0.1) is 0 Å². The van der Waals surface area contributed by atoms with E-state index >= 15 is 0 Å². The summed E-state index contributed by atoms with van der Waals surface area (Å²) in [6.07, 6.45) is 7.80. The van der Waals surface area contributed by atoms with Crippen molar-refractivity contribution in [2.45, 2.75) is 38.5 Å². The minimum Gasteiger partial charge on any atom is -0.481 e. The first-order valence-corrected chi connectivity index (χ1v) is 4.03. The standard InChI is InChI=1S/C4H6O2.C4H8/c5-4(6)3-1-2-3;1-2-4-3-1/h3H,1-2H2,(H,5,6);1-4H2. The van der Waals surface area contributed by atoms with Gasteiger partial charge < -0.3 is 5.11 Å². The van der Waals surface area contributed by atoms with E-state index < -0.39 is 5.97 Å². The molecule has 0 amide bonds. The maximum atomic E-state index is 9.76. The van der Waals surface area contributed by atoms with E-state index in [2.05, 4.69) is 0 Å². The molecular weight excluding hydrogens is 128 g/mol. The van der Waals surface area contributed by atoms with Crippen LogP contribution < -0.4 is 0 Å². The van der Waals surface area contributed by atoms with Crippen LogP contribution in [0.4, 0.5) is 0 Å². The first-order valence-electron chi connectivity index (χ1n) is 4.03. The highest BCUT2D eigenvalue weighted by Crippen LogP contribution is 2.28. The largest absolute Gasteiger partial charge is 0.481 e. The SMILES string of the molecule is C1CCC1.O=C(O)C1CC1. The predicted molar refractivity (Wildman–Crippen MR) is 38.8 cm³/mol. The average Bonchev–Trinajstić information content (AvgIpc) is 2.34. The van der Waals surface area contributed by atoms with E-state index in [1.807, 2.05) is 0 Å². The van der Waals surface area contributed by atoms with Gasteiger partial charge in [-0.2, -0.15) is 0 Å². The van der Waals surface area contributed by atoms with Crippen LogP contribution in [0.2, 0.25) is 0 Å². The van der Waals surface area contributed by atoms with E-state index in [0.29, 0.717) is 0 Å². The Hall–Kier alpha value is -0.530. The molecule has 0 radical (unpaired) electrons. The molecule has 2 fully saturated rings. The van der Waals surface area contributed by atoms with Crippen molar-refractivity contribution in [2.24, 2.45) is 5.92 Å². The van der Waals surface area contributed by atoms with Crippen LogP contribution in [0.1, 0.15) is 38.5 Å². The molecule has 0 heterocycles. The quantitative estimate of drug-likeness (QED) is 0.608. The molecule has 2 nitrogen and oxygen atoms in total. The van der Waals surface area contributed by atoms with Crippen molar-refractivity contribution in [3.63, 3.8) is 0 Å². The molecule has 0 unspecified atom stereocenters. The lowest BCUT2D eigenvalue weighted by atomic mass is 10.0. The van der Waals surface area contributed by atoms with E-state index in [9.17, 15) is 4.79 Å². The molecule has 0 aromatic carbocycles. The Morgan fingerprint density at radius 3 is 1.50 bits per heavy atom. The number of carbonyl (C=O) groups is 1. The lowest BCUT2D eigenvalue weighted by molar-refractivity contribution is -0.138. The van der Waals surface area contributed by atoms with Crippen molar-refractivity contribution in [1.29, 1.82) is 0 Å².